The number of rotatable bonds is 5. The number of benzene rings is 2. The molecule has 2 heterocycles. The fourth-order valence-corrected chi connectivity index (χ4v) is 5.20. The summed E-state index contributed by atoms with van der Waals surface area (Å²) in [5.74, 6) is -1.36. The van der Waals surface area contributed by atoms with E-state index >= 15 is 0 Å². The van der Waals surface area contributed by atoms with Crippen LogP contribution in [0.1, 0.15) is 23.1 Å². The van der Waals surface area contributed by atoms with Gasteiger partial charge < -0.3 is 4.74 Å². The van der Waals surface area contributed by atoms with Crippen molar-refractivity contribution in [2.75, 3.05) is 19.1 Å². The molecule has 1 N–H and O–H groups in total. The van der Waals surface area contributed by atoms with E-state index in [2.05, 4.69) is 5.43 Å². The molecule has 0 radical (unpaired) electrons. The Hall–Kier alpha value is -2.61. The number of nitrogens with one attached hydrogen (secondary N) is 1. The Morgan fingerprint density at radius 1 is 1.07 bits per heavy atom. The van der Waals surface area contributed by atoms with E-state index in [1.54, 1.807) is 11.3 Å². The number of hydrogen-bond acceptors (Lipinski definition) is 6. The van der Waals surface area contributed by atoms with Crippen LogP contribution in [0.25, 0.3) is 0 Å². The largest absolute Gasteiger partial charge is 0.467 e. The number of ketones is 1. The maximum atomic E-state index is 13.8. The van der Waals surface area contributed by atoms with Gasteiger partial charge in [0, 0.05) is 28.7 Å². The van der Waals surface area contributed by atoms with Crippen LogP contribution in [0.3, 0.4) is 0 Å². The van der Waals surface area contributed by atoms with E-state index in [9.17, 15) is 13.8 Å². The third-order valence-electron chi connectivity index (χ3n) is 5.78. The first-order chi connectivity index (χ1) is 14.5. The smallest absolute Gasteiger partial charge is 0.336 e. The van der Waals surface area contributed by atoms with Crippen molar-refractivity contribution >= 4 is 22.6 Å². The molecular weight excluding hydrogens is 400 g/mol. The zero-order valence-electron chi connectivity index (χ0n) is 16.9. The summed E-state index contributed by atoms with van der Waals surface area (Å²) in [4.78, 5) is 27.1. The average molecular weight is 425 g/mol. The zero-order chi connectivity index (χ0) is 21.3. The monoisotopic (exact) mass is 424 g/mol. The van der Waals surface area contributed by atoms with Gasteiger partial charge in [-0.2, -0.15) is 0 Å². The molecule has 0 aliphatic carbocycles. The standard InChI is InChI=1S/C23H24N2O4S/c1-29-22(27)23-18(16-9-5-3-6-10-16)13-14-20(17-11-7-4-8-12-17)25(23)24-19(21(23)26)15-30(2)28/h3-14,18-20,24H,15H2,1-2H3. The predicted octanol–water partition coefficient (Wildman–Crippen LogP) is 2.13. The Morgan fingerprint density at radius 3 is 2.23 bits per heavy atom. The maximum absolute atomic E-state index is 13.8. The second-order valence-electron chi connectivity index (χ2n) is 7.54. The summed E-state index contributed by atoms with van der Waals surface area (Å²) in [6.45, 7) is 0. The number of nitrogens with zero attached hydrogens (tertiary/aromatic N) is 1. The summed E-state index contributed by atoms with van der Waals surface area (Å²) in [6, 6.07) is 18.0. The number of carbonyl (C=O) groups excluding carboxylic acids is 2. The molecule has 0 aromatic heterocycles. The number of Topliss-reactive ketones (excluding diaryl/α,β-unsaturated/α-hetero) is 1. The molecule has 2 aliphatic heterocycles. The van der Waals surface area contributed by atoms with Gasteiger partial charge in [0.15, 0.2) is 5.78 Å². The van der Waals surface area contributed by atoms with Crippen molar-refractivity contribution in [2.45, 2.75) is 23.5 Å². The SMILES string of the molecule is COC(=O)C12C(=O)C(CS(C)=O)NN1C(c1ccccc1)C=CC2c1ccccc1. The van der Waals surface area contributed by atoms with Crippen molar-refractivity contribution < 1.29 is 18.5 Å². The molecule has 6 nitrogen and oxygen atoms in total. The van der Waals surface area contributed by atoms with Gasteiger partial charge in [-0.3, -0.25) is 9.00 Å². The Kier molecular flexibility index (Phi) is 5.69. The summed E-state index contributed by atoms with van der Waals surface area (Å²) in [7, 11) is 0.0804. The molecule has 5 atom stereocenters. The molecule has 1 saturated heterocycles. The Morgan fingerprint density at radius 2 is 1.67 bits per heavy atom. The summed E-state index contributed by atoms with van der Waals surface area (Å²) in [5.41, 5.74) is 3.40. The van der Waals surface area contributed by atoms with Crippen molar-refractivity contribution in [3.63, 3.8) is 0 Å². The van der Waals surface area contributed by atoms with Gasteiger partial charge >= 0.3 is 5.97 Å². The molecule has 2 aliphatic rings. The van der Waals surface area contributed by atoms with Gasteiger partial charge in [0.25, 0.3) is 0 Å². The van der Waals surface area contributed by atoms with Crippen LogP contribution in [-0.2, 0) is 25.1 Å². The van der Waals surface area contributed by atoms with E-state index in [4.69, 9.17) is 4.74 Å². The lowest BCUT2D eigenvalue weighted by molar-refractivity contribution is -0.161. The van der Waals surface area contributed by atoms with Crippen LogP contribution in [0, 0.1) is 0 Å². The fraction of sp³-hybridized carbons (Fsp3) is 0.304. The van der Waals surface area contributed by atoms with Crippen LogP contribution < -0.4 is 5.43 Å². The van der Waals surface area contributed by atoms with Gasteiger partial charge in [-0.05, 0) is 11.1 Å². The highest BCUT2D eigenvalue weighted by atomic mass is 32.2. The number of hydrogen-bond donors (Lipinski definition) is 1. The first-order valence-electron chi connectivity index (χ1n) is 9.76. The van der Waals surface area contributed by atoms with Crippen molar-refractivity contribution in [1.82, 2.24) is 10.4 Å². The molecule has 0 saturated carbocycles. The van der Waals surface area contributed by atoms with Crippen LogP contribution in [0.5, 0.6) is 0 Å². The average Bonchev–Trinajstić information content (AvgIpc) is 3.06. The molecule has 0 spiro atoms. The minimum absolute atomic E-state index is 0.122. The lowest BCUT2D eigenvalue weighted by Gasteiger charge is -2.45. The third kappa shape index (κ3) is 3.23. The van der Waals surface area contributed by atoms with E-state index in [-0.39, 0.29) is 17.6 Å². The second-order valence-corrected chi connectivity index (χ2v) is 9.02. The molecule has 4 rings (SSSR count). The highest BCUT2D eigenvalue weighted by Crippen LogP contribution is 2.47. The van der Waals surface area contributed by atoms with E-state index in [0.717, 1.165) is 11.1 Å². The lowest BCUT2D eigenvalue weighted by atomic mass is 9.72. The van der Waals surface area contributed by atoms with E-state index in [1.807, 2.05) is 72.8 Å². The summed E-state index contributed by atoms with van der Waals surface area (Å²) in [5, 5.41) is 1.71. The zero-order valence-corrected chi connectivity index (χ0v) is 17.7. The Bertz CT molecular complexity index is 995. The van der Waals surface area contributed by atoms with E-state index < -0.39 is 34.3 Å². The molecule has 1 fully saturated rings. The Labute approximate surface area is 178 Å². The minimum Gasteiger partial charge on any atom is -0.467 e. The molecule has 7 heteroatoms. The van der Waals surface area contributed by atoms with Crippen LogP contribution in [-0.4, -0.2) is 51.7 Å². The molecule has 30 heavy (non-hydrogen) atoms. The third-order valence-corrected chi connectivity index (χ3v) is 6.58. The van der Waals surface area contributed by atoms with Crippen LogP contribution >= 0.6 is 0 Å². The van der Waals surface area contributed by atoms with Gasteiger partial charge in [-0.15, -0.1) is 0 Å². The number of esters is 1. The normalized spacial score (nSPS) is 29.4. The number of ether oxygens (including phenoxy) is 1. The van der Waals surface area contributed by atoms with Gasteiger partial charge in [-0.25, -0.2) is 15.2 Å². The first kappa shape index (κ1) is 20.7. The molecule has 156 valence electrons. The van der Waals surface area contributed by atoms with Crippen LogP contribution in [0.15, 0.2) is 72.8 Å². The quantitative estimate of drug-likeness (QED) is 0.450. The molecule has 5 unspecified atom stereocenters. The van der Waals surface area contributed by atoms with Gasteiger partial charge in [0.2, 0.25) is 5.54 Å². The van der Waals surface area contributed by atoms with Crippen molar-refractivity contribution in [3.05, 3.63) is 83.9 Å². The van der Waals surface area contributed by atoms with Crippen molar-refractivity contribution in [1.29, 1.82) is 0 Å². The first-order valence-corrected chi connectivity index (χ1v) is 11.5. The maximum Gasteiger partial charge on any atom is 0.336 e. The van der Waals surface area contributed by atoms with Crippen molar-refractivity contribution in [2.24, 2.45) is 0 Å². The number of hydrazine groups is 1. The van der Waals surface area contributed by atoms with Crippen LogP contribution in [0.4, 0.5) is 0 Å². The van der Waals surface area contributed by atoms with E-state index in [0.29, 0.717) is 0 Å². The molecule has 0 amide bonds. The number of carbonyl (C=O) groups is 2. The fourth-order valence-electron chi connectivity index (χ4n) is 4.51. The van der Waals surface area contributed by atoms with Crippen molar-refractivity contribution in [3.8, 4) is 0 Å². The van der Waals surface area contributed by atoms with E-state index in [1.165, 1.54) is 7.11 Å². The second kappa shape index (κ2) is 8.26. The number of methoxy groups -OCH3 is 1. The molecular formula is C23H24N2O4S. The molecule has 0 bridgehead atoms. The van der Waals surface area contributed by atoms with Gasteiger partial charge in [0.05, 0.1) is 19.2 Å². The summed E-state index contributed by atoms with van der Waals surface area (Å²) in [6.07, 6.45) is 5.48. The highest BCUT2D eigenvalue weighted by molar-refractivity contribution is 7.84. The minimum atomic E-state index is -1.59. The van der Waals surface area contributed by atoms with Gasteiger partial charge in [-0.1, -0.05) is 72.8 Å². The summed E-state index contributed by atoms with van der Waals surface area (Å²) < 4.78 is 17.2. The van der Waals surface area contributed by atoms with Crippen LogP contribution in [0.2, 0.25) is 0 Å². The molecule has 2 aromatic rings. The molecule has 2 aromatic carbocycles. The lowest BCUT2D eigenvalue weighted by Crippen LogP contribution is -2.63. The summed E-state index contributed by atoms with van der Waals surface area (Å²) >= 11 is 0. The number of fused-ring (bicyclic) bond motifs is 1. The predicted molar refractivity (Wildman–Crippen MR) is 115 cm³/mol. The topological polar surface area (TPSA) is 75.7 Å². The highest BCUT2D eigenvalue weighted by Gasteiger charge is 2.66. The Balaban J connectivity index is 1.92. The van der Waals surface area contributed by atoms with Gasteiger partial charge in [0.1, 0.15) is 0 Å².